The van der Waals surface area contributed by atoms with Crippen LogP contribution in [0.2, 0.25) is 0 Å². The van der Waals surface area contributed by atoms with E-state index in [0.29, 0.717) is 12.2 Å². The number of hydrogen-bond acceptors (Lipinski definition) is 6. The number of anilines is 1. The lowest BCUT2D eigenvalue weighted by atomic mass is 10.1. The molecule has 0 radical (unpaired) electrons. The summed E-state index contributed by atoms with van der Waals surface area (Å²) in [6.07, 6.45) is 9.17. The SMILES string of the molecule is C#CONC(Cc1cc2c(N)nccc2s1)C(=O)N(C)C. The molecule has 0 saturated carbocycles. The number of amides is 1. The van der Waals surface area contributed by atoms with Crippen LogP contribution in [0.15, 0.2) is 18.3 Å². The number of hydrogen-bond donors (Lipinski definition) is 2. The van der Waals surface area contributed by atoms with Crippen LogP contribution in [-0.2, 0) is 16.1 Å². The van der Waals surface area contributed by atoms with Crippen LogP contribution >= 0.6 is 11.3 Å². The Kier molecular flexibility index (Phi) is 4.62. The summed E-state index contributed by atoms with van der Waals surface area (Å²) in [5.74, 6) is 0.368. The van der Waals surface area contributed by atoms with E-state index in [9.17, 15) is 4.79 Å². The summed E-state index contributed by atoms with van der Waals surface area (Å²) in [7, 11) is 3.36. The zero-order valence-electron chi connectivity index (χ0n) is 11.8. The van der Waals surface area contributed by atoms with Crippen LogP contribution in [0.5, 0.6) is 0 Å². The summed E-state index contributed by atoms with van der Waals surface area (Å²) in [4.78, 5) is 23.4. The number of carbonyl (C=O) groups excluding carboxylic acids is 1. The van der Waals surface area contributed by atoms with Gasteiger partial charge in [-0.3, -0.25) is 4.79 Å². The number of hydroxylamine groups is 1. The fraction of sp³-hybridized carbons (Fsp3) is 0.286. The van der Waals surface area contributed by atoms with E-state index in [1.165, 1.54) is 4.90 Å². The molecule has 2 rings (SSSR count). The highest BCUT2D eigenvalue weighted by atomic mass is 32.1. The average molecular weight is 304 g/mol. The number of nitrogen functional groups attached to an aromatic ring is 1. The molecule has 0 saturated heterocycles. The summed E-state index contributed by atoms with van der Waals surface area (Å²) in [6.45, 7) is 0. The molecule has 6 nitrogen and oxygen atoms in total. The van der Waals surface area contributed by atoms with Crippen molar-refractivity contribution in [2.24, 2.45) is 0 Å². The first-order chi connectivity index (χ1) is 10.0. The van der Waals surface area contributed by atoms with Gasteiger partial charge in [-0.1, -0.05) is 6.42 Å². The third-order valence-electron chi connectivity index (χ3n) is 2.93. The Morgan fingerprint density at radius 1 is 1.67 bits per heavy atom. The zero-order valence-corrected chi connectivity index (χ0v) is 12.6. The van der Waals surface area contributed by atoms with Gasteiger partial charge in [-0.15, -0.1) is 16.8 Å². The maximum atomic E-state index is 12.1. The maximum absolute atomic E-state index is 12.1. The number of terminal acetylenes is 1. The predicted molar refractivity (Wildman–Crippen MR) is 83.3 cm³/mol. The molecule has 1 atom stereocenters. The van der Waals surface area contributed by atoms with Crippen LogP contribution in [0.4, 0.5) is 5.82 Å². The average Bonchev–Trinajstić information content (AvgIpc) is 2.86. The normalized spacial score (nSPS) is 11.9. The number of aromatic nitrogens is 1. The first-order valence-corrected chi connectivity index (χ1v) is 7.05. The quantitative estimate of drug-likeness (QED) is 0.636. The van der Waals surface area contributed by atoms with E-state index in [2.05, 4.69) is 10.5 Å². The van der Waals surface area contributed by atoms with E-state index in [-0.39, 0.29) is 5.91 Å². The van der Waals surface area contributed by atoms with Crippen molar-refractivity contribution in [3.05, 3.63) is 23.2 Å². The van der Waals surface area contributed by atoms with E-state index in [0.717, 1.165) is 15.0 Å². The van der Waals surface area contributed by atoms with Crippen molar-refractivity contribution in [1.82, 2.24) is 15.4 Å². The number of rotatable bonds is 5. The van der Waals surface area contributed by atoms with Gasteiger partial charge in [-0.2, -0.15) is 0 Å². The minimum Gasteiger partial charge on any atom is -0.383 e. The number of nitrogens with two attached hydrogens (primary N) is 1. The van der Waals surface area contributed by atoms with E-state index in [1.807, 2.05) is 18.2 Å². The molecule has 0 aliphatic carbocycles. The smallest absolute Gasteiger partial charge is 0.242 e. The van der Waals surface area contributed by atoms with Gasteiger partial charge < -0.3 is 15.5 Å². The molecule has 0 spiro atoms. The fourth-order valence-corrected chi connectivity index (χ4v) is 3.05. The summed E-state index contributed by atoms with van der Waals surface area (Å²) < 4.78 is 1.03. The van der Waals surface area contributed by atoms with Crippen LogP contribution in [0, 0.1) is 12.5 Å². The van der Waals surface area contributed by atoms with Gasteiger partial charge in [0.2, 0.25) is 5.91 Å². The van der Waals surface area contributed by atoms with Crippen LogP contribution in [0.1, 0.15) is 4.88 Å². The van der Waals surface area contributed by atoms with E-state index in [4.69, 9.17) is 17.0 Å². The zero-order chi connectivity index (χ0) is 15.4. The van der Waals surface area contributed by atoms with Gasteiger partial charge in [0.25, 0.3) is 0 Å². The van der Waals surface area contributed by atoms with Gasteiger partial charge in [0.1, 0.15) is 18.0 Å². The molecule has 110 valence electrons. The number of nitrogens with zero attached hydrogens (tertiary/aromatic N) is 2. The first-order valence-electron chi connectivity index (χ1n) is 6.24. The molecule has 3 N–H and O–H groups in total. The van der Waals surface area contributed by atoms with Crippen molar-refractivity contribution in [2.45, 2.75) is 12.5 Å². The minimum absolute atomic E-state index is 0.117. The third-order valence-corrected chi connectivity index (χ3v) is 4.05. The van der Waals surface area contributed by atoms with Gasteiger partial charge in [-0.05, 0) is 12.1 Å². The summed E-state index contributed by atoms with van der Waals surface area (Å²) in [5.41, 5.74) is 8.43. The highest BCUT2D eigenvalue weighted by Crippen LogP contribution is 2.29. The Balaban J connectivity index is 2.23. The number of pyridine rings is 1. The summed E-state index contributed by atoms with van der Waals surface area (Å²) >= 11 is 1.56. The molecular weight excluding hydrogens is 288 g/mol. The number of carbonyl (C=O) groups is 1. The molecule has 0 aliphatic heterocycles. The topological polar surface area (TPSA) is 80.5 Å². The third kappa shape index (κ3) is 3.42. The summed E-state index contributed by atoms with van der Waals surface area (Å²) in [5, 5.41) is 0.895. The van der Waals surface area contributed by atoms with Gasteiger partial charge in [-0.25, -0.2) is 4.98 Å². The van der Waals surface area contributed by atoms with Crippen LogP contribution in [-0.4, -0.2) is 35.9 Å². The van der Waals surface area contributed by atoms with Crippen molar-refractivity contribution in [2.75, 3.05) is 19.8 Å². The standard InChI is InChI=1S/C14H16N4O2S/c1-4-20-17-11(14(19)18(2)3)8-9-7-10-12(21-9)5-6-16-13(10)15/h1,5-7,11,17H,8H2,2-3H3,(H2,15,16). The molecule has 7 heteroatoms. The molecular formula is C14H16N4O2S. The number of nitrogens with one attached hydrogen (secondary N) is 1. The second kappa shape index (κ2) is 6.43. The maximum Gasteiger partial charge on any atom is 0.242 e. The van der Waals surface area contributed by atoms with Crippen molar-refractivity contribution in [1.29, 1.82) is 0 Å². The lowest BCUT2D eigenvalue weighted by Gasteiger charge is -2.19. The minimum atomic E-state index is -0.557. The largest absolute Gasteiger partial charge is 0.383 e. The fourth-order valence-electron chi connectivity index (χ4n) is 1.93. The van der Waals surface area contributed by atoms with Crippen LogP contribution < -0.4 is 11.2 Å². The molecule has 2 heterocycles. The summed E-state index contributed by atoms with van der Waals surface area (Å²) in [6, 6.07) is 3.28. The lowest BCUT2D eigenvalue weighted by Crippen LogP contribution is -2.44. The van der Waals surface area contributed by atoms with E-state index in [1.54, 1.807) is 31.6 Å². The molecule has 1 amide bonds. The van der Waals surface area contributed by atoms with Gasteiger partial charge in [0.05, 0.1) is 0 Å². The van der Waals surface area contributed by atoms with Gasteiger partial charge in [0, 0.05) is 41.7 Å². The van der Waals surface area contributed by atoms with Crippen LogP contribution in [0.3, 0.4) is 0 Å². The number of thiophene rings is 1. The second-order valence-electron chi connectivity index (χ2n) is 4.65. The number of likely N-dealkylation sites (N-methyl/N-ethyl adjacent to an activating group) is 1. The van der Waals surface area contributed by atoms with Crippen LogP contribution in [0.25, 0.3) is 10.1 Å². The monoisotopic (exact) mass is 304 g/mol. The predicted octanol–water partition coefficient (Wildman–Crippen LogP) is 0.990. The van der Waals surface area contributed by atoms with Crippen molar-refractivity contribution >= 4 is 33.1 Å². The molecule has 1 unspecified atom stereocenters. The Labute approximate surface area is 126 Å². The molecule has 0 aromatic carbocycles. The highest BCUT2D eigenvalue weighted by Gasteiger charge is 2.22. The van der Waals surface area contributed by atoms with Gasteiger partial charge >= 0.3 is 0 Å². The second-order valence-corrected chi connectivity index (χ2v) is 5.82. The van der Waals surface area contributed by atoms with Crippen molar-refractivity contribution in [3.8, 4) is 12.5 Å². The highest BCUT2D eigenvalue weighted by molar-refractivity contribution is 7.19. The lowest BCUT2D eigenvalue weighted by molar-refractivity contribution is -0.133. The van der Waals surface area contributed by atoms with E-state index >= 15 is 0 Å². The Morgan fingerprint density at radius 3 is 3.05 bits per heavy atom. The van der Waals surface area contributed by atoms with Gasteiger partial charge in [0.15, 0.2) is 0 Å². The molecule has 0 fully saturated rings. The Bertz CT molecular complexity index is 690. The first kappa shape index (κ1) is 15.1. The van der Waals surface area contributed by atoms with Crippen molar-refractivity contribution < 1.29 is 9.63 Å². The van der Waals surface area contributed by atoms with E-state index < -0.39 is 6.04 Å². The Hall–Kier alpha value is -2.30. The molecule has 2 aromatic heterocycles. The molecule has 2 aromatic rings. The molecule has 21 heavy (non-hydrogen) atoms. The van der Waals surface area contributed by atoms with Crippen molar-refractivity contribution in [3.63, 3.8) is 0 Å². The molecule has 0 bridgehead atoms. The molecule has 0 aliphatic rings. The number of fused-ring (bicyclic) bond motifs is 1. The Morgan fingerprint density at radius 2 is 2.43 bits per heavy atom.